The summed E-state index contributed by atoms with van der Waals surface area (Å²) >= 11 is 1.27. The molecule has 4 aromatic rings. The number of esters is 1. The van der Waals surface area contributed by atoms with E-state index in [1.807, 2.05) is 36.6 Å². The topological polar surface area (TPSA) is 133 Å². The maximum Gasteiger partial charge on any atom is 0.338 e. The van der Waals surface area contributed by atoms with Gasteiger partial charge in [-0.05, 0) is 43.3 Å². The Hall–Kier alpha value is -4.42. The molecule has 0 saturated carbocycles. The van der Waals surface area contributed by atoms with E-state index in [1.54, 1.807) is 0 Å². The Morgan fingerprint density at radius 3 is 2.44 bits per heavy atom. The quantitative estimate of drug-likeness (QED) is 0.299. The molecular formula is C27H23N3O7S2. The highest BCUT2D eigenvalue weighted by molar-refractivity contribution is 7.92. The van der Waals surface area contributed by atoms with Gasteiger partial charge < -0.3 is 14.2 Å². The SMILES string of the molecule is Cc1ccc(-c2csc(NC(=O)COC(=O)c3ccc(NS(=O)(=O)c4ccc5c(c4)OCCO5)cc3)n2)cc1. The van der Waals surface area contributed by atoms with Crippen LogP contribution in [0.4, 0.5) is 10.8 Å². The Morgan fingerprint density at radius 2 is 1.69 bits per heavy atom. The van der Waals surface area contributed by atoms with Crippen LogP contribution < -0.4 is 19.5 Å². The first-order valence-electron chi connectivity index (χ1n) is 11.8. The molecule has 12 heteroatoms. The van der Waals surface area contributed by atoms with Gasteiger partial charge in [-0.2, -0.15) is 0 Å². The first-order valence-corrected chi connectivity index (χ1v) is 14.2. The summed E-state index contributed by atoms with van der Waals surface area (Å²) in [7, 11) is -3.91. The number of hydrogen-bond acceptors (Lipinski definition) is 9. The van der Waals surface area contributed by atoms with Gasteiger partial charge in [-0.3, -0.25) is 14.8 Å². The number of rotatable bonds is 8. The summed E-state index contributed by atoms with van der Waals surface area (Å²) in [6, 6.07) is 17.9. The van der Waals surface area contributed by atoms with Crippen LogP contribution in [-0.4, -0.2) is 45.1 Å². The molecule has 2 N–H and O–H groups in total. The molecule has 3 aromatic carbocycles. The predicted molar refractivity (Wildman–Crippen MR) is 146 cm³/mol. The smallest absolute Gasteiger partial charge is 0.338 e. The lowest BCUT2D eigenvalue weighted by atomic mass is 10.1. The van der Waals surface area contributed by atoms with Crippen molar-refractivity contribution in [3.05, 3.63) is 83.2 Å². The van der Waals surface area contributed by atoms with Gasteiger partial charge in [0, 0.05) is 22.7 Å². The lowest BCUT2D eigenvalue weighted by Crippen LogP contribution is -2.21. The molecule has 1 aromatic heterocycles. The summed E-state index contributed by atoms with van der Waals surface area (Å²) in [5.74, 6) is -0.425. The molecule has 0 spiro atoms. The first-order chi connectivity index (χ1) is 18.8. The number of carbonyl (C=O) groups is 2. The standard InChI is InChI=1S/C27H23N3O7S2/c1-17-2-4-18(5-3-17)22-16-38-27(28-22)29-25(31)15-37-26(32)19-6-8-20(9-7-19)30-39(33,34)21-10-11-23-24(14-21)36-13-12-35-23/h2-11,14,16,30H,12-13,15H2,1H3,(H,28,29,31). The van der Waals surface area contributed by atoms with Crippen LogP contribution in [0.1, 0.15) is 15.9 Å². The molecular weight excluding hydrogens is 542 g/mol. The fourth-order valence-corrected chi connectivity index (χ4v) is 5.45. The van der Waals surface area contributed by atoms with Crippen molar-refractivity contribution in [2.45, 2.75) is 11.8 Å². The third kappa shape index (κ3) is 6.36. The van der Waals surface area contributed by atoms with E-state index in [4.69, 9.17) is 14.2 Å². The van der Waals surface area contributed by atoms with Crippen LogP contribution >= 0.6 is 11.3 Å². The van der Waals surface area contributed by atoms with E-state index in [0.29, 0.717) is 29.8 Å². The Balaban J connectivity index is 1.14. The molecule has 0 unspecified atom stereocenters. The lowest BCUT2D eigenvalue weighted by Gasteiger charge is -2.19. The van der Waals surface area contributed by atoms with Crippen molar-refractivity contribution >= 4 is 44.1 Å². The van der Waals surface area contributed by atoms with Gasteiger partial charge in [0.05, 0.1) is 16.2 Å². The summed E-state index contributed by atoms with van der Waals surface area (Å²) in [5.41, 5.74) is 3.20. The minimum absolute atomic E-state index is 0.00691. The van der Waals surface area contributed by atoms with Gasteiger partial charge in [0.2, 0.25) is 0 Å². The van der Waals surface area contributed by atoms with Crippen LogP contribution in [0.2, 0.25) is 0 Å². The van der Waals surface area contributed by atoms with Crippen LogP contribution in [0.3, 0.4) is 0 Å². The molecule has 10 nitrogen and oxygen atoms in total. The fraction of sp³-hybridized carbons (Fsp3) is 0.148. The van der Waals surface area contributed by atoms with Crippen molar-refractivity contribution < 1.29 is 32.2 Å². The first kappa shape index (κ1) is 26.2. The van der Waals surface area contributed by atoms with Crippen molar-refractivity contribution in [1.82, 2.24) is 4.98 Å². The Kier molecular flexibility index (Phi) is 7.48. The van der Waals surface area contributed by atoms with Crippen LogP contribution in [0.15, 0.2) is 77.0 Å². The van der Waals surface area contributed by atoms with Gasteiger partial charge in [0.25, 0.3) is 15.9 Å². The zero-order valence-electron chi connectivity index (χ0n) is 20.7. The molecule has 2 heterocycles. The maximum atomic E-state index is 12.8. The summed E-state index contributed by atoms with van der Waals surface area (Å²) in [4.78, 5) is 29.1. The van der Waals surface area contributed by atoms with E-state index < -0.39 is 28.5 Å². The number of hydrogen-bond donors (Lipinski definition) is 2. The molecule has 0 fully saturated rings. The third-order valence-electron chi connectivity index (χ3n) is 5.63. The average molecular weight is 566 g/mol. The third-order valence-corrected chi connectivity index (χ3v) is 7.77. The largest absolute Gasteiger partial charge is 0.486 e. The Morgan fingerprint density at radius 1 is 0.974 bits per heavy atom. The molecule has 1 aliphatic rings. The van der Waals surface area contributed by atoms with Gasteiger partial charge in [-0.25, -0.2) is 18.2 Å². The van der Waals surface area contributed by atoms with Crippen molar-refractivity contribution in [3.63, 3.8) is 0 Å². The second kappa shape index (κ2) is 11.1. The van der Waals surface area contributed by atoms with E-state index in [9.17, 15) is 18.0 Å². The van der Waals surface area contributed by atoms with Gasteiger partial charge in [0.1, 0.15) is 13.2 Å². The van der Waals surface area contributed by atoms with Crippen LogP contribution in [0, 0.1) is 6.92 Å². The normalized spacial score (nSPS) is 12.4. The van der Waals surface area contributed by atoms with Gasteiger partial charge in [0.15, 0.2) is 23.2 Å². The number of aromatic nitrogens is 1. The zero-order chi connectivity index (χ0) is 27.4. The number of fused-ring (bicyclic) bond motifs is 1. The van der Waals surface area contributed by atoms with E-state index >= 15 is 0 Å². The minimum atomic E-state index is -3.91. The summed E-state index contributed by atoms with van der Waals surface area (Å²) in [6.45, 7) is 2.23. The lowest BCUT2D eigenvalue weighted by molar-refractivity contribution is -0.119. The summed E-state index contributed by atoms with van der Waals surface area (Å²) in [6.07, 6.45) is 0. The van der Waals surface area contributed by atoms with Crippen molar-refractivity contribution in [2.24, 2.45) is 0 Å². The number of sulfonamides is 1. The van der Waals surface area contributed by atoms with Crippen molar-refractivity contribution in [1.29, 1.82) is 0 Å². The highest BCUT2D eigenvalue weighted by Crippen LogP contribution is 2.33. The van der Waals surface area contributed by atoms with Gasteiger partial charge in [-0.15, -0.1) is 11.3 Å². The molecule has 5 rings (SSSR count). The summed E-state index contributed by atoms with van der Waals surface area (Å²) < 4.78 is 44.0. The molecule has 39 heavy (non-hydrogen) atoms. The number of carbonyl (C=O) groups excluding carboxylic acids is 2. The van der Waals surface area contributed by atoms with E-state index in [2.05, 4.69) is 15.0 Å². The van der Waals surface area contributed by atoms with Crippen molar-refractivity contribution in [3.8, 4) is 22.8 Å². The number of amides is 1. The molecule has 0 atom stereocenters. The van der Waals surface area contributed by atoms with E-state index in [-0.39, 0.29) is 16.1 Å². The number of nitrogens with one attached hydrogen (secondary N) is 2. The Bertz CT molecular complexity index is 1620. The molecule has 200 valence electrons. The fourth-order valence-electron chi connectivity index (χ4n) is 3.64. The highest BCUT2D eigenvalue weighted by Gasteiger charge is 2.20. The molecule has 0 saturated heterocycles. The summed E-state index contributed by atoms with van der Waals surface area (Å²) in [5, 5.41) is 4.84. The average Bonchev–Trinajstić information content (AvgIpc) is 3.40. The number of anilines is 2. The molecule has 1 amide bonds. The number of aryl methyl sites for hydroxylation is 1. The minimum Gasteiger partial charge on any atom is -0.486 e. The van der Waals surface area contributed by atoms with Gasteiger partial charge >= 0.3 is 5.97 Å². The second-order valence-corrected chi connectivity index (χ2v) is 11.1. The molecule has 0 radical (unpaired) electrons. The Labute approximate surface area is 228 Å². The van der Waals surface area contributed by atoms with E-state index in [1.165, 1.54) is 53.8 Å². The molecule has 0 aliphatic carbocycles. The number of ether oxygens (including phenoxy) is 3. The van der Waals surface area contributed by atoms with E-state index in [0.717, 1.165) is 16.8 Å². The molecule has 1 aliphatic heterocycles. The van der Waals surface area contributed by atoms with Crippen LogP contribution in [0.5, 0.6) is 11.5 Å². The number of thiazole rings is 1. The monoisotopic (exact) mass is 565 g/mol. The van der Waals surface area contributed by atoms with Crippen LogP contribution in [0.25, 0.3) is 11.3 Å². The van der Waals surface area contributed by atoms with Gasteiger partial charge in [-0.1, -0.05) is 29.8 Å². The second-order valence-electron chi connectivity index (χ2n) is 8.52. The van der Waals surface area contributed by atoms with Crippen LogP contribution in [-0.2, 0) is 19.6 Å². The predicted octanol–water partition coefficient (Wildman–Crippen LogP) is 4.49. The zero-order valence-corrected chi connectivity index (χ0v) is 22.3. The van der Waals surface area contributed by atoms with Crippen molar-refractivity contribution in [2.75, 3.05) is 29.9 Å². The number of benzene rings is 3. The molecule has 0 bridgehead atoms. The number of nitrogens with zero attached hydrogens (tertiary/aromatic N) is 1. The maximum absolute atomic E-state index is 12.8. The highest BCUT2D eigenvalue weighted by atomic mass is 32.2.